The van der Waals surface area contributed by atoms with Crippen LogP contribution in [0.5, 0.6) is 0 Å². The number of sulfonamides is 1. The van der Waals surface area contributed by atoms with Crippen LogP contribution >= 0.6 is 0 Å². The molecule has 8 nitrogen and oxygen atoms in total. The third kappa shape index (κ3) is 3.83. The predicted molar refractivity (Wildman–Crippen MR) is 101 cm³/mol. The van der Waals surface area contributed by atoms with Gasteiger partial charge in [-0.2, -0.15) is 0 Å². The molecule has 0 bridgehead atoms. The molecule has 0 aliphatic rings. The zero-order chi connectivity index (χ0) is 19.6. The second-order valence-electron chi connectivity index (χ2n) is 6.16. The molecular formula is C18H21N5O3S. The number of hydrogen-bond acceptors (Lipinski definition) is 5. The molecular weight excluding hydrogens is 366 g/mol. The van der Waals surface area contributed by atoms with Gasteiger partial charge in [-0.1, -0.05) is 19.1 Å². The number of rotatable bonds is 6. The average molecular weight is 387 g/mol. The van der Waals surface area contributed by atoms with Gasteiger partial charge >= 0.3 is 0 Å². The van der Waals surface area contributed by atoms with Gasteiger partial charge in [0.1, 0.15) is 0 Å². The fourth-order valence-electron chi connectivity index (χ4n) is 2.78. The van der Waals surface area contributed by atoms with Crippen molar-refractivity contribution in [2.45, 2.75) is 31.7 Å². The van der Waals surface area contributed by atoms with E-state index in [1.807, 2.05) is 24.4 Å². The normalized spacial score (nSPS) is 12.9. The Kier molecular flexibility index (Phi) is 5.24. The standard InChI is InChI=1S/C18H21N5O3S/c1-4-19-27(25,26)14-9-8-12(2)15(11-14)18(24)20-13(3)17-22-21-16-7-5-6-10-23(16)17/h5-11,13,19H,4H2,1-3H3,(H,20,24). The lowest BCUT2D eigenvalue weighted by Crippen LogP contribution is -2.29. The first-order valence-electron chi connectivity index (χ1n) is 8.54. The summed E-state index contributed by atoms with van der Waals surface area (Å²) in [6.45, 7) is 5.53. The van der Waals surface area contributed by atoms with Gasteiger partial charge in [0.25, 0.3) is 5.91 Å². The average Bonchev–Trinajstić information content (AvgIpc) is 3.06. The van der Waals surface area contributed by atoms with Gasteiger partial charge in [-0.15, -0.1) is 10.2 Å². The summed E-state index contributed by atoms with van der Waals surface area (Å²) in [5, 5.41) is 11.1. The summed E-state index contributed by atoms with van der Waals surface area (Å²) in [6, 6.07) is 9.62. The van der Waals surface area contributed by atoms with Crippen LogP contribution in [0.2, 0.25) is 0 Å². The van der Waals surface area contributed by atoms with Crippen LogP contribution in [0, 0.1) is 6.92 Å². The summed E-state index contributed by atoms with van der Waals surface area (Å²) in [7, 11) is -3.64. The maximum atomic E-state index is 12.8. The maximum absolute atomic E-state index is 12.8. The molecule has 1 amide bonds. The van der Waals surface area contributed by atoms with Crippen LogP contribution in [0.15, 0.2) is 47.5 Å². The molecule has 2 heterocycles. The molecule has 27 heavy (non-hydrogen) atoms. The first-order chi connectivity index (χ1) is 12.8. The van der Waals surface area contributed by atoms with E-state index in [0.717, 1.165) is 0 Å². The molecule has 0 aliphatic carbocycles. The Balaban J connectivity index is 1.87. The summed E-state index contributed by atoms with van der Waals surface area (Å²) in [5.74, 6) is 0.217. The quantitative estimate of drug-likeness (QED) is 0.671. The number of pyridine rings is 1. The van der Waals surface area contributed by atoms with Gasteiger partial charge in [0.2, 0.25) is 10.0 Å². The highest BCUT2D eigenvalue weighted by atomic mass is 32.2. The number of amides is 1. The number of hydrogen-bond donors (Lipinski definition) is 2. The molecule has 0 saturated heterocycles. The molecule has 0 fully saturated rings. The summed E-state index contributed by atoms with van der Waals surface area (Å²) in [6.07, 6.45) is 1.82. The van der Waals surface area contributed by atoms with Crippen molar-refractivity contribution in [2.75, 3.05) is 6.54 Å². The van der Waals surface area contributed by atoms with Crippen LogP contribution in [-0.4, -0.2) is 35.5 Å². The molecule has 0 spiro atoms. The third-order valence-corrected chi connectivity index (χ3v) is 5.72. The van der Waals surface area contributed by atoms with Crippen molar-refractivity contribution in [3.05, 3.63) is 59.5 Å². The number of aryl methyl sites for hydroxylation is 1. The Morgan fingerprint density at radius 1 is 1.22 bits per heavy atom. The topological polar surface area (TPSA) is 105 Å². The number of nitrogens with zero attached hydrogens (tertiary/aromatic N) is 3. The lowest BCUT2D eigenvalue weighted by atomic mass is 10.1. The van der Waals surface area contributed by atoms with Crippen molar-refractivity contribution in [1.29, 1.82) is 0 Å². The molecule has 2 N–H and O–H groups in total. The highest BCUT2D eigenvalue weighted by Crippen LogP contribution is 2.18. The molecule has 3 aromatic rings. The fourth-order valence-corrected chi connectivity index (χ4v) is 3.85. The van der Waals surface area contributed by atoms with Gasteiger partial charge in [0.15, 0.2) is 11.5 Å². The molecule has 1 atom stereocenters. The number of nitrogens with one attached hydrogen (secondary N) is 2. The first-order valence-corrected chi connectivity index (χ1v) is 10.0. The molecule has 0 aliphatic heterocycles. The molecule has 142 valence electrons. The first kappa shape index (κ1) is 19.0. The van der Waals surface area contributed by atoms with E-state index in [2.05, 4.69) is 20.2 Å². The van der Waals surface area contributed by atoms with Crippen molar-refractivity contribution in [3.63, 3.8) is 0 Å². The molecule has 0 saturated carbocycles. The van der Waals surface area contributed by atoms with Crippen LogP contribution in [0.1, 0.15) is 41.6 Å². The van der Waals surface area contributed by atoms with Crippen LogP contribution in [0.25, 0.3) is 5.65 Å². The van der Waals surface area contributed by atoms with Gasteiger partial charge in [-0.3, -0.25) is 9.20 Å². The number of benzene rings is 1. The predicted octanol–water partition coefficient (Wildman–Crippen LogP) is 1.83. The van der Waals surface area contributed by atoms with Crippen molar-refractivity contribution < 1.29 is 13.2 Å². The summed E-state index contributed by atoms with van der Waals surface area (Å²) in [5.41, 5.74) is 1.67. The van der Waals surface area contributed by atoms with Crippen LogP contribution in [0.4, 0.5) is 0 Å². The van der Waals surface area contributed by atoms with E-state index in [0.29, 0.717) is 22.6 Å². The van der Waals surface area contributed by atoms with E-state index in [1.54, 1.807) is 31.2 Å². The van der Waals surface area contributed by atoms with Crippen LogP contribution in [0.3, 0.4) is 0 Å². The summed E-state index contributed by atoms with van der Waals surface area (Å²) < 4.78 is 28.6. The molecule has 3 rings (SSSR count). The van der Waals surface area contributed by atoms with Crippen molar-refractivity contribution >= 4 is 21.6 Å². The zero-order valence-electron chi connectivity index (χ0n) is 15.3. The van der Waals surface area contributed by atoms with Crippen LogP contribution < -0.4 is 10.0 Å². The Labute approximate surface area is 157 Å². The molecule has 1 unspecified atom stereocenters. The van der Waals surface area contributed by atoms with E-state index < -0.39 is 16.1 Å². The van der Waals surface area contributed by atoms with Crippen molar-refractivity contribution in [1.82, 2.24) is 24.6 Å². The Bertz CT molecular complexity index is 1090. The van der Waals surface area contributed by atoms with Crippen molar-refractivity contribution in [3.8, 4) is 0 Å². The van der Waals surface area contributed by atoms with Gasteiger partial charge < -0.3 is 5.32 Å². The fraction of sp³-hybridized carbons (Fsp3) is 0.278. The Hall–Kier alpha value is -2.78. The van der Waals surface area contributed by atoms with Gasteiger partial charge in [-0.05, 0) is 43.7 Å². The minimum absolute atomic E-state index is 0.0562. The minimum Gasteiger partial charge on any atom is -0.342 e. The largest absolute Gasteiger partial charge is 0.342 e. The van der Waals surface area contributed by atoms with E-state index in [1.165, 1.54) is 12.1 Å². The monoisotopic (exact) mass is 387 g/mol. The van der Waals surface area contributed by atoms with Gasteiger partial charge in [0, 0.05) is 18.3 Å². The second-order valence-corrected chi connectivity index (χ2v) is 7.93. The lowest BCUT2D eigenvalue weighted by molar-refractivity contribution is 0.0937. The number of fused-ring (bicyclic) bond motifs is 1. The third-order valence-electron chi connectivity index (χ3n) is 4.17. The minimum atomic E-state index is -3.64. The van der Waals surface area contributed by atoms with Gasteiger partial charge in [-0.25, -0.2) is 13.1 Å². The summed E-state index contributed by atoms with van der Waals surface area (Å²) >= 11 is 0. The van der Waals surface area contributed by atoms with E-state index in [-0.39, 0.29) is 17.3 Å². The van der Waals surface area contributed by atoms with E-state index in [9.17, 15) is 13.2 Å². The number of carbonyl (C=O) groups excluding carboxylic acids is 1. The highest BCUT2D eigenvalue weighted by molar-refractivity contribution is 7.89. The number of carbonyl (C=O) groups is 1. The van der Waals surface area contributed by atoms with Crippen LogP contribution in [-0.2, 0) is 10.0 Å². The smallest absolute Gasteiger partial charge is 0.252 e. The van der Waals surface area contributed by atoms with Gasteiger partial charge in [0.05, 0.1) is 10.9 Å². The maximum Gasteiger partial charge on any atom is 0.252 e. The molecule has 0 radical (unpaired) electrons. The van der Waals surface area contributed by atoms with E-state index in [4.69, 9.17) is 0 Å². The Morgan fingerprint density at radius 2 is 2.00 bits per heavy atom. The SMILES string of the molecule is CCNS(=O)(=O)c1ccc(C)c(C(=O)NC(C)c2nnc3ccccn23)c1. The lowest BCUT2D eigenvalue weighted by Gasteiger charge is -2.14. The summed E-state index contributed by atoms with van der Waals surface area (Å²) in [4.78, 5) is 12.8. The second kappa shape index (κ2) is 7.45. The molecule has 9 heteroatoms. The highest BCUT2D eigenvalue weighted by Gasteiger charge is 2.20. The van der Waals surface area contributed by atoms with E-state index >= 15 is 0 Å². The van der Waals surface area contributed by atoms with Crippen molar-refractivity contribution in [2.24, 2.45) is 0 Å². The molecule has 1 aromatic carbocycles. The molecule has 2 aromatic heterocycles. The Morgan fingerprint density at radius 3 is 2.74 bits per heavy atom. The number of aromatic nitrogens is 3. The zero-order valence-corrected chi connectivity index (χ0v) is 16.1.